The number of carbonyl (C=O) groups excluding carboxylic acids is 1. The summed E-state index contributed by atoms with van der Waals surface area (Å²) in [7, 11) is 0. The highest BCUT2D eigenvalue weighted by molar-refractivity contribution is 6.04. The molecule has 1 aromatic heterocycles. The van der Waals surface area contributed by atoms with Gasteiger partial charge in [0, 0.05) is 32.1 Å². The van der Waals surface area contributed by atoms with Crippen LogP contribution in [0.5, 0.6) is 5.88 Å². The van der Waals surface area contributed by atoms with Crippen LogP contribution in [0.2, 0.25) is 0 Å². The van der Waals surface area contributed by atoms with Gasteiger partial charge in [-0.25, -0.2) is 14.4 Å². The monoisotopic (exact) mass is 489 g/mol. The van der Waals surface area contributed by atoms with Crippen molar-refractivity contribution in [2.24, 2.45) is 5.10 Å². The Labute approximate surface area is 209 Å². The molecular weight excluding hydrogens is 458 g/mol. The van der Waals surface area contributed by atoms with Crippen LogP contribution in [-0.2, 0) is 4.79 Å². The number of H-pyrrole nitrogens is 1. The first-order chi connectivity index (χ1) is 17.1. The molecule has 0 radical (unpaired) electrons. The topological polar surface area (TPSA) is 111 Å². The van der Waals surface area contributed by atoms with Gasteiger partial charge >= 0.3 is 5.69 Å². The van der Waals surface area contributed by atoms with Crippen LogP contribution in [0.1, 0.15) is 55.5 Å². The first kappa shape index (κ1) is 25.0. The van der Waals surface area contributed by atoms with Gasteiger partial charge in [0.15, 0.2) is 0 Å². The second-order valence-electron chi connectivity index (χ2n) is 9.03. The van der Waals surface area contributed by atoms with Crippen molar-refractivity contribution in [3.63, 3.8) is 0 Å². The van der Waals surface area contributed by atoms with Gasteiger partial charge in [-0.2, -0.15) is 5.10 Å². The molecule has 0 fully saturated rings. The van der Waals surface area contributed by atoms with Crippen LogP contribution in [0, 0.1) is 13.8 Å². The summed E-state index contributed by atoms with van der Waals surface area (Å²) >= 11 is 0. The predicted octanol–water partition coefficient (Wildman–Crippen LogP) is 3.39. The lowest BCUT2D eigenvalue weighted by Gasteiger charge is -2.23. The predicted molar refractivity (Wildman–Crippen MR) is 140 cm³/mol. The Hall–Kier alpha value is -4.14. The molecule has 9 nitrogen and oxygen atoms in total. The Morgan fingerprint density at radius 2 is 1.69 bits per heavy atom. The van der Waals surface area contributed by atoms with Crippen LogP contribution >= 0.6 is 0 Å². The van der Waals surface area contributed by atoms with Crippen molar-refractivity contribution in [1.29, 1.82) is 0 Å². The summed E-state index contributed by atoms with van der Waals surface area (Å²) in [5.74, 6) is -0.796. The smallest absolute Gasteiger partial charge is 0.335 e. The average molecular weight is 490 g/mol. The summed E-state index contributed by atoms with van der Waals surface area (Å²) < 4.78 is 1.06. The van der Waals surface area contributed by atoms with Crippen LogP contribution in [0.4, 0.5) is 5.69 Å². The number of hydrogen-bond donors (Lipinski definition) is 2. The van der Waals surface area contributed by atoms with E-state index in [1.165, 1.54) is 11.9 Å². The lowest BCUT2D eigenvalue weighted by molar-refractivity contribution is -0.130. The lowest BCUT2D eigenvalue weighted by Crippen LogP contribution is -2.33. The summed E-state index contributed by atoms with van der Waals surface area (Å²) in [6.07, 6.45) is 0.214. The van der Waals surface area contributed by atoms with Gasteiger partial charge in [0.1, 0.15) is 5.56 Å². The third-order valence-corrected chi connectivity index (χ3v) is 6.48. The molecule has 2 heterocycles. The Balaban J connectivity index is 1.77. The molecule has 3 aromatic rings. The van der Waals surface area contributed by atoms with Gasteiger partial charge in [0.05, 0.1) is 17.4 Å². The lowest BCUT2D eigenvalue weighted by atomic mass is 9.98. The maximum absolute atomic E-state index is 12.9. The zero-order valence-electron chi connectivity index (χ0n) is 21.2. The maximum atomic E-state index is 12.9. The number of nitrogens with one attached hydrogen (secondary N) is 1. The maximum Gasteiger partial charge on any atom is 0.335 e. The molecule has 0 spiro atoms. The second-order valence-corrected chi connectivity index (χ2v) is 9.03. The molecule has 2 N–H and O–H groups in total. The number of nitrogens with zero attached hydrogens (tertiary/aromatic N) is 4. The summed E-state index contributed by atoms with van der Waals surface area (Å²) in [6.45, 7) is 11.1. The van der Waals surface area contributed by atoms with Gasteiger partial charge in [-0.15, -0.1) is 0 Å². The Bertz CT molecular complexity index is 1430. The minimum Gasteiger partial charge on any atom is -0.493 e. The van der Waals surface area contributed by atoms with Crippen LogP contribution in [0.25, 0.3) is 5.69 Å². The van der Waals surface area contributed by atoms with Crippen molar-refractivity contribution in [3.05, 3.63) is 85.6 Å². The van der Waals surface area contributed by atoms with E-state index in [-0.39, 0.29) is 23.6 Å². The van der Waals surface area contributed by atoms with Crippen molar-refractivity contribution in [3.8, 4) is 11.6 Å². The average Bonchev–Trinajstić information content (AvgIpc) is 3.25. The fourth-order valence-electron chi connectivity index (χ4n) is 4.81. The van der Waals surface area contributed by atoms with Crippen molar-refractivity contribution >= 4 is 17.3 Å². The molecule has 2 aromatic carbocycles. The zero-order chi connectivity index (χ0) is 26.1. The van der Waals surface area contributed by atoms with E-state index in [2.05, 4.69) is 28.8 Å². The SMILES string of the molecule is CCN(CC)c1ccc(C2CC(c3c(O)n(-c4cc(C)cc(C)c4)c(=O)[nH]c3=O)=NN2C(C)=O)cc1. The third kappa shape index (κ3) is 4.56. The minimum absolute atomic E-state index is 0.123. The van der Waals surface area contributed by atoms with Crippen LogP contribution < -0.4 is 16.1 Å². The highest BCUT2D eigenvalue weighted by Crippen LogP contribution is 2.34. The number of benzene rings is 2. The third-order valence-electron chi connectivity index (χ3n) is 6.48. The van der Waals surface area contributed by atoms with E-state index in [0.29, 0.717) is 5.69 Å². The van der Waals surface area contributed by atoms with Crippen molar-refractivity contribution in [1.82, 2.24) is 14.6 Å². The molecule has 1 atom stereocenters. The number of amides is 1. The van der Waals surface area contributed by atoms with Gasteiger partial charge in [-0.3, -0.25) is 14.6 Å². The quantitative estimate of drug-likeness (QED) is 0.551. The number of aromatic hydroxyl groups is 1. The molecule has 36 heavy (non-hydrogen) atoms. The molecule has 0 aliphatic carbocycles. The largest absolute Gasteiger partial charge is 0.493 e. The number of hydrogen-bond acceptors (Lipinski definition) is 6. The highest BCUT2D eigenvalue weighted by Gasteiger charge is 2.34. The van der Waals surface area contributed by atoms with Crippen molar-refractivity contribution in [2.45, 2.75) is 47.1 Å². The van der Waals surface area contributed by atoms with Gasteiger partial charge in [0.2, 0.25) is 11.8 Å². The van der Waals surface area contributed by atoms with Crippen molar-refractivity contribution in [2.75, 3.05) is 18.0 Å². The van der Waals surface area contributed by atoms with Crippen LogP contribution in [0.15, 0.2) is 57.2 Å². The van der Waals surface area contributed by atoms with E-state index in [4.69, 9.17) is 0 Å². The number of aryl methyl sites for hydroxylation is 2. The van der Waals surface area contributed by atoms with Crippen LogP contribution in [0.3, 0.4) is 0 Å². The molecular formula is C27H31N5O4. The molecule has 0 bridgehead atoms. The summed E-state index contributed by atoms with van der Waals surface area (Å²) in [4.78, 5) is 42.5. The van der Waals surface area contributed by atoms with Gasteiger partial charge in [-0.05, 0) is 68.7 Å². The summed E-state index contributed by atoms with van der Waals surface area (Å²) in [5, 5.41) is 16.9. The molecule has 0 saturated carbocycles. The number of anilines is 1. The van der Waals surface area contributed by atoms with E-state index in [0.717, 1.165) is 40.0 Å². The summed E-state index contributed by atoms with van der Waals surface area (Å²) in [5.41, 5.74) is 2.77. The number of rotatable bonds is 6. The molecule has 0 saturated heterocycles. The zero-order valence-corrected chi connectivity index (χ0v) is 21.2. The number of hydrazone groups is 1. The first-order valence-electron chi connectivity index (χ1n) is 12.0. The number of aromatic nitrogens is 2. The van der Waals surface area contributed by atoms with Gasteiger partial charge < -0.3 is 10.0 Å². The molecule has 1 unspecified atom stereocenters. The molecule has 1 aliphatic heterocycles. The summed E-state index contributed by atoms with van der Waals surface area (Å²) in [6, 6.07) is 12.9. The Kier molecular flexibility index (Phi) is 6.83. The van der Waals surface area contributed by atoms with Crippen LogP contribution in [-0.4, -0.2) is 44.4 Å². The molecule has 9 heteroatoms. The van der Waals surface area contributed by atoms with E-state index >= 15 is 0 Å². The normalized spacial score (nSPS) is 15.2. The molecule has 4 rings (SSSR count). The molecule has 1 amide bonds. The van der Waals surface area contributed by atoms with Gasteiger partial charge in [0.25, 0.3) is 5.56 Å². The van der Waals surface area contributed by atoms with E-state index in [1.54, 1.807) is 12.1 Å². The second kappa shape index (κ2) is 9.85. The minimum atomic E-state index is -0.753. The fourth-order valence-corrected chi connectivity index (χ4v) is 4.81. The number of carbonyl (C=O) groups is 1. The Morgan fingerprint density at radius 1 is 1.08 bits per heavy atom. The fraction of sp³-hybridized carbons (Fsp3) is 0.333. The first-order valence-corrected chi connectivity index (χ1v) is 12.0. The standard InChI is InChI=1S/C27H31N5O4/c1-6-30(7-2)20-10-8-19(9-11-20)23-15-22(29-32(23)18(5)33)24-25(34)28-27(36)31(26(24)35)21-13-16(3)12-17(4)14-21/h8-14,23,35H,6-7,15H2,1-5H3,(H,28,34,36). The molecule has 1 aliphatic rings. The van der Waals surface area contributed by atoms with Crippen molar-refractivity contribution < 1.29 is 9.90 Å². The van der Waals surface area contributed by atoms with E-state index in [1.807, 2.05) is 44.2 Å². The van der Waals surface area contributed by atoms with Gasteiger partial charge in [-0.1, -0.05) is 18.2 Å². The number of aromatic amines is 1. The van der Waals surface area contributed by atoms with E-state index in [9.17, 15) is 19.5 Å². The Morgan fingerprint density at radius 3 is 2.25 bits per heavy atom. The molecule has 188 valence electrons. The van der Waals surface area contributed by atoms with E-state index < -0.39 is 23.2 Å². The highest BCUT2D eigenvalue weighted by atomic mass is 16.3.